The number of ether oxygens (including phenoxy) is 1. The van der Waals surface area contributed by atoms with Gasteiger partial charge in [-0.25, -0.2) is 9.59 Å². The van der Waals surface area contributed by atoms with Gasteiger partial charge >= 0.3 is 12.0 Å². The second-order valence-corrected chi connectivity index (χ2v) is 6.20. The number of esters is 1. The highest BCUT2D eigenvalue weighted by Crippen LogP contribution is 2.17. The largest absolute Gasteiger partial charge is 0.463 e. The zero-order valence-electron chi connectivity index (χ0n) is 14.9. The Labute approximate surface area is 151 Å². The van der Waals surface area contributed by atoms with Crippen molar-refractivity contribution >= 4 is 35.6 Å². The van der Waals surface area contributed by atoms with Crippen molar-refractivity contribution in [2.24, 2.45) is 0 Å². The van der Waals surface area contributed by atoms with Crippen LogP contribution < -0.4 is 10.6 Å². The van der Waals surface area contributed by atoms with Crippen molar-refractivity contribution in [2.45, 2.75) is 26.3 Å². The van der Waals surface area contributed by atoms with Gasteiger partial charge in [-0.05, 0) is 44.5 Å². The molecule has 0 saturated carbocycles. The maximum absolute atomic E-state index is 12.1. The van der Waals surface area contributed by atoms with Crippen LogP contribution in [0.1, 0.15) is 26.3 Å². The lowest BCUT2D eigenvalue weighted by Gasteiger charge is -2.15. The summed E-state index contributed by atoms with van der Waals surface area (Å²) < 4.78 is 4.79. The Kier molecular flexibility index (Phi) is 5.76. The average Bonchev–Trinajstić information content (AvgIpc) is 2.76. The molecule has 26 heavy (non-hydrogen) atoms. The number of hydrogen-bond acceptors (Lipinski definition) is 5. The first-order valence-electron chi connectivity index (χ1n) is 8.12. The number of anilines is 1. The average molecular weight is 359 g/mol. The number of hydrogen-bond donors (Lipinski definition) is 2. The summed E-state index contributed by atoms with van der Waals surface area (Å²) >= 11 is 0. The molecular weight excluding hydrogens is 338 g/mol. The Bertz CT molecular complexity index is 753. The molecule has 0 spiro atoms. The van der Waals surface area contributed by atoms with Crippen molar-refractivity contribution < 1.29 is 23.9 Å². The van der Waals surface area contributed by atoms with Gasteiger partial charge in [0.2, 0.25) is 5.91 Å². The van der Waals surface area contributed by atoms with Crippen molar-refractivity contribution in [3.8, 4) is 0 Å². The molecular formula is C18H21N3O5. The van der Waals surface area contributed by atoms with Crippen LogP contribution in [-0.2, 0) is 19.1 Å². The molecule has 8 nitrogen and oxygen atoms in total. The predicted molar refractivity (Wildman–Crippen MR) is 95.1 cm³/mol. The third-order valence-corrected chi connectivity index (χ3v) is 3.64. The first kappa shape index (κ1) is 19.2. The molecule has 1 fully saturated rings. The van der Waals surface area contributed by atoms with E-state index in [1.807, 2.05) is 0 Å². The third-order valence-electron chi connectivity index (χ3n) is 3.64. The van der Waals surface area contributed by atoms with Crippen molar-refractivity contribution in [1.82, 2.24) is 10.2 Å². The molecule has 0 bridgehead atoms. The quantitative estimate of drug-likeness (QED) is 0.455. The Morgan fingerprint density at radius 3 is 2.42 bits per heavy atom. The number of carbonyl (C=O) groups is 4. The van der Waals surface area contributed by atoms with E-state index in [9.17, 15) is 19.2 Å². The molecule has 0 unspecified atom stereocenters. The Balaban J connectivity index is 1.93. The molecule has 1 heterocycles. The topological polar surface area (TPSA) is 105 Å². The van der Waals surface area contributed by atoms with Gasteiger partial charge in [0.25, 0.3) is 5.91 Å². The van der Waals surface area contributed by atoms with Gasteiger partial charge in [0, 0.05) is 11.8 Å². The Hall–Kier alpha value is -3.16. The predicted octanol–water partition coefficient (Wildman–Crippen LogP) is 1.53. The molecule has 0 aliphatic carbocycles. The van der Waals surface area contributed by atoms with Gasteiger partial charge in [0.05, 0.1) is 6.61 Å². The van der Waals surface area contributed by atoms with Crippen LogP contribution in [0.25, 0.3) is 6.08 Å². The molecule has 0 atom stereocenters. The minimum absolute atomic E-state index is 0.308. The van der Waals surface area contributed by atoms with Crippen LogP contribution in [0.2, 0.25) is 0 Å². The van der Waals surface area contributed by atoms with Gasteiger partial charge in [-0.15, -0.1) is 0 Å². The lowest BCUT2D eigenvalue weighted by Crippen LogP contribution is -2.41. The third kappa shape index (κ3) is 4.69. The van der Waals surface area contributed by atoms with E-state index in [1.54, 1.807) is 51.1 Å². The summed E-state index contributed by atoms with van der Waals surface area (Å²) in [6.45, 7) is 4.83. The number of rotatable bonds is 6. The number of nitrogens with one attached hydrogen (secondary N) is 2. The molecule has 2 rings (SSSR count). The summed E-state index contributed by atoms with van der Waals surface area (Å²) in [4.78, 5) is 48.1. The van der Waals surface area contributed by atoms with E-state index in [-0.39, 0.29) is 6.54 Å². The Morgan fingerprint density at radius 1 is 1.23 bits per heavy atom. The van der Waals surface area contributed by atoms with Crippen LogP contribution in [0.3, 0.4) is 0 Å². The minimum atomic E-state index is -1.01. The van der Waals surface area contributed by atoms with Gasteiger partial charge in [-0.3, -0.25) is 14.5 Å². The van der Waals surface area contributed by atoms with Crippen LogP contribution in [0, 0.1) is 0 Å². The molecule has 8 heteroatoms. The number of benzene rings is 1. The van der Waals surface area contributed by atoms with Crippen LogP contribution in [0.5, 0.6) is 0 Å². The van der Waals surface area contributed by atoms with Gasteiger partial charge < -0.3 is 15.4 Å². The smallest absolute Gasteiger partial charge is 0.330 e. The van der Waals surface area contributed by atoms with Crippen molar-refractivity contribution in [3.63, 3.8) is 0 Å². The molecule has 1 aliphatic heterocycles. The fourth-order valence-electron chi connectivity index (χ4n) is 2.34. The van der Waals surface area contributed by atoms with Crippen molar-refractivity contribution in [2.75, 3.05) is 18.5 Å². The monoisotopic (exact) mass is 359 g/mol. The molecule has 4 amide bonds. The van der Waals surface area contributed by atoms with E-state index in [4.69, 9.17) is 4.74 Å². The zero-order valence-corrected chi connectivity index (χ0v) is 14.9. The lowest BCUT2D eigenvalue weighted by atomic mass is 10.1. The number of urea groups is 1. The fraction of sp³-hybridized carbons (Fsp3) is 0.333. The summed E-state index contributed by atoms with van der Waals surface area (Å²) in [6.07, 6.45) is 2.91. The van der Waals surface area contributed by atoms with Crippen molar-refractivity contribution in [1.29, 1.82) is 0 Å². The van der Waals surface area contributed by atoms with E-state index in [1.165, 1.54) is 6.08 Å². The second kappa shape index (κ2) is 7.81. The summed E-state index contributed by atoms with van der Waals surface area (Å²) in [7, 11) is 0. The van der Waals surface area contributed by atoms with E-state index in [2.05, 4.69) is 10.6 Å². The number of imide groups is 1. The molecule has 2 N–H and O–H groups in total. The fourth-order valence-corrected chi connectivity index (χ4v) is 2.34. The SMILES string of the molecule is CCOC(=O)/C=C/c1ccc(NC(=O)CN2C(=O)NC(C)(C)C2=O)cc1. The highest BCUT2D eigenvalue weighted by molar-refractivity contribution is 6.09. The number of carbonyl (C=O) groups excluding carboxylic acids is 4. The summed E-state index contributed by atoms with van der Waals surface area (Å²) in [6, 6.07) is 6.14. The molecule has 1 saturated heterocycles. The van der Waals surface area contributed by atoms with Crippen molar-refractivity contribution in [3.05, 3.63) is 35.9 Å². The second-order valence-electron chi connectivity index (χ2n) is 6.20. The van der Waals surface area contributed by atoms with Gasteiger partial charge in [0.1, 0.15) is 12.1 Å². The summed E-state index contributed by atoms with van der Waals surface area (Å²) in [5.74, 6) is -1.36. The van der Waals surface area contributed by atoms with Gasteiger partial charge in [-0.2, -0.15) is 0 Å². The van der Waals surface area contributed by atoms with E-state index >= 15 is 0 Å². The first-order chi connectivity index (χ1) is 12.2. The maximum atomic E-state index is 12.1. The number of nitrogens with zero attached hydrogens (tertiary/aromatic N) is 1. The standard InChI is InChI=1S/C18H21N3O5/c1-4-26-15(23)10-7-12-5-8-13(9-6-12)19-14(22)11-21-16(24)18(2,3)20-17(21)25/h5-10H,4,11H2,1-3H3,(H,19,22)(H,20,25)/b10-7+. The molecule has 1 aromatic rings. The molecule has 138 valence electrons. The summed E-state index contributed by atoms with van der Waals surface area (Å²) in [5.41, 5.74) is 0.256. The van der Waals surface area contributed by atoms with Crippen LogP contribution in [0.15, 0.2) is 30.3 Å². The van der Waals surface area contributed by atoms with Gasteiger partial charge in [0.15, 0.2) is 0 Å². The number of amides is 4. The van der Waals surface area contributed by atoms with E-state index < -0.39 is 29.4 Å². The van der Waals surface area contributed by atoms with Crippen LogP contribution >= 0.6 is 0 Å². The molecule has 1 aromatic carbocycles. The highest BCUT2D eigenvalue weighted by Gasteiger charge is 2.44. The molecule has 0 radical (unpaired) electrons. The maximum Gasteiger partial charge on any atom is 0.330 e. The van der Waals surface area contributed by atoms with E-state index in [0.29, 0.717) is 12.3 Å². The first-order valence-corrected chi connectivity index (χ1v) is 8.12. The highest BCUT2D eigenvalue weighted by atomic mass is 16.5. The van der Waals surface area contributed by atoms with Gasteiger partial charge in [-0.1, -0.05) is 12.1 Å². The normalized spacial score (nSPS) is 15.9. The van der Waals surface area contributed by atoms with Crippen LogP contribution in [-0.4, -0.2) is 47.4 Å². The summed E-state index contributed by atoms with van der Waals surface area (Å²) in [5, 5.41) is 5.13. The molecule has 1 aliphatic rings. The minimum Gasteiger partial charge on any atom is -0.463 e. The zero-order chi connectivity index (χ0) is 19.3. The van der Waals surface area contributed by atoms with E-state index in [0.717, 1.165) is 10.5 Å². The lowest BCUT2D eigenvalue weighted by molar-refractivity contribution is -0.137. The molecule has 0 aromatic heterocycles. The Morgan fingerprint density at radius 2 is 1.88 bits per heavy atom. The van der Waals surface area contributed by atoms with Crippen LogP contribution in [0.4, 0.5) is 10.5 Å².